The van der Waals surface area contributed by atoms with Gasteiger partial charge in [0.15, 0.2) is 0 Å². The molecule has 0 saturated carbocycles. The number of ether oxygens (including phenoxy) is 1. The lowest BCUT2D eigenvalue weighted by molar-refractivity contribution is 0.0590. The van der Waals surface area contributed by atoms with Crippen molar-refractivity contribution in [2.24, 2.45) is 0 Å². The van der Waals surface area contributed by atoms with Crippen molar-refractivity contribution in [1.82, 2.24) is 5.32 Å². The minimum Gasteiger partial charge on any atom is -0.391 e. The normalized spacial score (nSPS) is 19.8. The molecule has 0 radical (unpaired) electrons. The van der Waals surface area contributed by atoms with Crippen LogP contribution in [0.4, 0.5) is 0 Å². The van der Waals surface area contributed by atoms with Crippen LogP contribution in [-0.2, 0) is 11.2 Å². The van der Waals surface area contributed by atoms with Crippen LogP contribution in [0.3, 0.4) is 0 Å². The second kappa shape index (κ2) is 6.53. The first kappa shape index (κ1) is 13.8. The molecular weight excluding hydrogens is 250 g/mol. The largest absolute Gasteiger partial charge is 0.391 e. The molecular formula is C14H20ClNO2. The highest BCUT2D eigenvalue weighted by Gasteiger charge is 2.21. The molecule has 2 atom stereocenters. The van der Waals surface area contributed by atoms with E-state index in [4.69, 9.17) is 16.3 Å². The van der Waals surface area contributed by atoms with Crippen LogP contribution < -0.4 is 5.32 Å². The second-order valence-corrected chi connectivity index (χ2v) is 5.22. The smallest absolute Gasteiger partial charge is 0.0785 e. The maximum atomic E-state index is 9.57. The second-order valence-electron chi connectivity index (χ2n) is 4.79. The van der Waals surface area contributed by atoms with Crippen LogP contribution in [0.5, 0.6) is 0 Å². The molecule has 0 fully saturated rings. The van der Waals surface area contributed by atoms with Gasteiger partial charge in [-0.2, -0.15) is 0 Å². The van der Waals surface area contributed by atoms with Gasteiger partial charge < -0.3 is 15.2 Å². The van der Waals surface area contributed by atoms with Crippen LogP contribution in [-0.4, -0.2) is 31.5 Å². The Labute approximate surface area is 113 Å². The van der Waals surface area contributed by atoms with Crippen molar-refractivity contribution in [1.29, 1.82) is 0 Å². The molecule has 100 valence electrons. The Balaban J connectivity index is 1.83. The number of hydrogen-bond acceptors (Lipinski definition) is 3. The van der Waals surface area contributed by atoms with E-state index in [0.717, 1.165) is 24.4 Å². The third kappa shape index (κ3) is 3.45. The summed E-state index contributed by atoms with van der Waals surface area (Å²) in [6.07, 6.45) is 2.52. The van der Waals surface area contributed by atoms with Crippen molar-refractivity contribution >= 4 is 11.6 Å². The Morgan fingerprint density at radius 2 is 2.39 bits per heavy atom. The van der Waals surface area contributed by atoms with Crippen molar-refractivity contribution in [2.75, 3.05) is 20.3 Å². The maximum Gasteiger partial charge on any atom is 0.0785 e. The average molecular weight is 270 g/mol. The highest BCUT2D eigenvalue weighted by Crippen LogP contribution is 2.32. The van der Waals surface area contributed by atoms with Gasteiger partial charge in [0.2, 0.25) is 0 Å². The summed E-state index contributed by atoms with van der Waals surface area (Å²) in [5, 5.41) is 13.9. The highest BCUT2D eigenvalue weighted by atomic mass is 35.5. The lowest BCUT2D eigenvalue weighted by Gasteiger charge is -2.16. The number of aliphatic hydroxyl groups excluding tert-OH is 1. The van der Waals surface area contributed by atoms with Gasteiger partial charge in [0.1, 0.15) is 0 Å². The Morgan fingerprint density at radius 1 is 1.56 bits per heavy atom. The first-order valence-corrected chi connectivity index (χ1v) is 6.77. The molecule has 0 bridgehead atoms. The van der Waals surface area contributed by atoms with Gasteiger partial charge >= 0.3 is 0 Å². The Morgan fingerprint density at radius 3 is 3.17 bits per heavy atom. The van der Waals surface area contributed by atoms with E-state index < -0.39 is 0 Å². The minimum atomic E-state index is -0.381. The Hall–Kier alpha value is -0.610. The van der Waals surface area contributed by atoms with E-state index in [1.165, 1.54) is 11.1 Å². The SMILES string of the molecule is COCC(O)CCNC1CCc2cc(Cl)ccc21. The number of nitrogens with one attached hydrogen (secondary N) is 1. The first-order chi connectivity index (χ1) is 8.70. The van der Waals surface area contributed by atoms with Gasteiger partial charge in [-0.05, 0) is 49.1 Å². The molecule has 0 spiro atoms. The molecule has 2 rings (SSSR count). The van der Waals surface area contributed by atoms with E-state index in [-0.39, 0.29) is 6.10 Å². The van der Waals surface area contributed by atoms with Gasteiger partial charge in [-0.15, -0.1) is 0 Å². The molecule has 4 heteroatoms. The van der Waals surface area contributed by atoms with Gasteiger partial charge in [0.05, 0.1) is 12.7 Å². The summed E-state index contributed by atoms with van der Waals surface area (Å²) in [7, 11) is 1.60. The quantitative estimate of drug-likeness (QED) is 0.833. The molecule has 0 saturated heterocycles. The van der Waals surface area contributed by atoms with E-state index in [2.05, 4.69) is 17.4 Å². The zero-order valence-corrected chi connectivity index (χ0v) is 11.4. The van der Waals surface area contributed by atoms with Crippen LogP contribution in [0.1, 0.15) is 30.0 Å². The minimum absolute atomic E-state index is 0.381. The first-order valence-electron chi connectivity index (χ1n) is 6.39. The zero-order valence-electron chi connectivity index (χ0n) is 10.7. The lowest BCUT2D eigenvalue weighted by atomic mass is 10.1. The Bertz CT molecular complexity index is 397. The predicted octanol–water partition coefficient (Wildman–Crippen LogP) is 2.31. The Kier molecular flexibility index (Phi) is 5.01. The molecule has 2 N–H and O–H groups in total. The number of methoxy groups -OCH3 is 1. The fraction of sp³-hybridized carbons (Fsp3) is 0.571. The molecule has 1 aliphatic carbocycles. The molecule has 0 aromatic heterocycles. The molecule has 18 heavy (non-hydrogen) atoms. The van der Waals surface area contributed by atoms with Crippen molar-refractivity contribution in [3.8, 4) is 0 Å². The van der Waals surface area contributed by atoms with Crippen LogP contribution >= 0.6 is 11.6 Å². The molecule has 1 aliphatic rings. The van der Waals surface area contributed by atoms with E-state index in [0.29, 0.717) is 19.1 Å². The summed E-state index contributed by atoms with van der Waals surface area (Å²) in [4.78, 5) is 0. The molecule has 1 aromatic rings. The van der Waals surface area contributed by atoms with Crippen molar-refractivity contribution in [2.45, 2.75) is 31.4 Å². The third-order valence-electron chi connectivity index (χ3n) is 3.41. The summed E-state index contributed by atoms with van der Waals surface area (Å²) < 4.78 is 4.90. The lowest BCUT2D eigenvalue weighted by Crippen LogP contribution is -2.25. The average Bonchev–Trinajstić information content (AvgIpc) is 2.72. The number of aliphatic hydroxyl groups is 1. The van der Waals surface area contributed by atoms with Crippen LogP contribution in [0.25, 0.3) is 0 Å². The van der Waals surface area contributed by atoms with E-state index in [9.17, 15) is 5.11 Å². The zero-order chi connectivity index (χ0) is 13.0. The molecule has 1 aromatic carbocycles. The van der Waals surface area contributed by atoms with Crippen molar-refractivity contribution in [3.05, 3.63) is 34.3 Å². The molecule has 0 heterocycles. The van der Waals surface area contributed by atoms with Gasteiger partial charge in [0.25, 0.3) is 0 Å². The number of fused-ring (bicyclic) bond motifs is 1. The number of rotatable bonds is 6. The summed E-state index contributed by atoms with van der Waals surface area (Å²) in [6.45, 7) is 1.20. The number of hydrogen-bond donors (Lipinski definition) is 2. The van der Waals surface area contributed by atoms with Crippen LogP contribution in [0.2, 0.25) is 5.02 Å². The van der Waals surface area contributed by atoms with E-state index in [1.807, 2.05) is 6.07 Å². The van der Waals surface area contributed by atoms with Crippen molar-refractivity contribution < 1.29 is 9.84 Å². The van der Waals surface area contributed by atoms with E-state index >= 15 is 0 Å². The van der Waals surface area contributed by atoms with Crippen LogP contribution in [0, 0.1) is 0 Å². The van der Waals surface area contributed by atoms with Gasteiger partial charge in [0, 0.05) is 18.2 Å². The highest BCUT2D eigenvalue weighted by molar-refractivity contribution is 6.30. The summed E-state index contributed by atoms with van der Waals surface area (Å²) in [5.41, 5.74) is 2.69. The number of aryl methyl sites for hydroxylation is 1. The van der Waals surface area contributed by atoms with Gasteiger partial charge in [-0.25, -0.2) is 0 Å². The third-order valence-corrected chi connectivity index (χ3v) is 3.65. The maximum absolute atomic E-state index is 9.57. The number of halogens is 1. The molecule has 0 aliphatic heterocycles. The fourth-order valence-electron chi connectivity index (χ4n) is 2.50. The van der Waals surface area contributed by atoms with Crippen LogP contribution in [0.15, 0.2) is 18.2 Å². The van der Waals surface area contributed by atoms with E-state index in [1.54, 1.807) is 7.11 Å². The molecule has 0 amide bonds. The number of benzene rings is 1. The van der Waals surface area contributed by atoms with Gasteiger partial charge in [-0.3, -0.25) is 0 Å². The standard InChI is InChI=1S/C14H20ClNO2/c1-18-9-12(17)6-7-16-14-5-2-10-8-11(15)3-4-13(10)14/h3-4,8,12,14,16-17H,2,5-7,9H2,1H3. The predicted molar refractivity (Wildman–Crippen MR) is 73.0 cm³/mol. The summed E-state index contributed by atoms with van der Waals surface area (Å²) >= 11 is 5.98. The molecule has 3 nitrogen and oxygen atoms in total. The monoisotopic (exact) mass is 269 g/mol. The fourth-order valence-corrected chi connectivity index (χ4v) is 2.69. The van der Waals surface area contributed by atoms with Crippen molar-refractivity contribution in [3.63, 3.8) is 0 Å². The summed E-state index contributed by atoms with van der Waals surface area (Å²) in [5.74, 6) is 0. The molecule has 2 unspecified atom stereocenters. The summed E-state index contributed by atoms with van der Waals surface area (Å²) in [6, 6.07) is 6.50. The topological polar surface area (TPSA) is 41.5 Å². The van der Waals surface area contributed by atoms with Gasteiger partial charge in [-0.1, -0.05) is 17.7 Å².